The van der Waals surface area contributed by atoms with Gasteiger partial charge in [0, 0.05) is 23.4 Å². The molecule has 132 valence electrons. The zero-order valence-corrected chi connectivity index (χ0v) is 15.0. The summed E-state index contributed by atoms with van der Waals surface area (Å²) in [6.45, 7) is 0. The highest BCUT2D eigenvalue weighted by atomic mass is 35.5. The number of benzene rings is 2. The highest BCUT2D eigenvalue weighted by Gasteiger charge is 2.37. The second-order valence-electron chi connectivity index (χ2n) is 6.74. The maximum Gasteiger partial charge on any atom is 0.133 e. The molecule has 0 atom stereocenters. The summed E-state index contributed by atoms with van der Waals surface area (Å²) in [4.78, 5) is 11.6. The van der Waals surface area contributed by atoms with E-state index in [1.54, 1.807) is 0 Å². The van der Waals surface area contributed by atoms with Crippen LogP contribution in [0.4, 0.5) is 0 Å². The lowest BCUT2D eigenvalue weighted by atomic mass is 9.82. The number of hydrogen-bond acceptors (Lipinski definition) is 3. The van der Waals surface area contributed by atoms with E-state index in [1.165, 1.54) is 0 Å². The molecule has 0 radical (unpaired) electrons. The molecule has 0 spiro atoms. The van der Waals surface area contributed by atoms with Gasteiger partial charge in [-0.25, -0.2) is 4.68 Å². The smallest absolute Gasteiger partial charge is 0.133 e. The zero-order valence-electron chi connectivity index (χ0n) is 14.2. The third kappa shape index (κ3) is 3.18. The van der Waals surface area contributed by atoms with Gasteiger partial charge in [-0.05, 0) is 43.2 Å². The topological polar surface area (TPSA) is 55.1 Å². The third-order valence-corrected chi connectivity index (χ3v) is 5.21. The molecule has 2 aromatic carbocycles. The van der Waals surface area contributed by atoms with Crippen LogP contribution in [0.25, 0.3) is 16.9 Å². The Kier molecular flexibility index (Phi) is 4.39. The second kappa shape index (κ2) is 6.71. The molecule has 4 nitrogen and oxygen atoms in total. The van der Waals surface area contributed by atoms with E-state index in [2.05, 4.69) is 0 Å². The average Bonchev–Trinajstić information content (AvgIpc) is 3.12. The summed E-state index contributed by atoms with van der Waals surface area (Å²) in [6.07, 6.45) is 1.62. The first-order valence-corrected chi connectivity index (χ1v) is 9.09. The molecule has 1 aromatic heterocycles. The summed E-state index contributed by atoms with van der Waals surface area (Å²) in [6, 6.07) is 19.3. The van der Waals surface area contributed by atoms with Gasteiger partial charge in [0.25, 0.3) is 0 Å². The van der Waals surface area contributed by atoms with Crippen molar-refractivity contribution >= 4 is 17.4 Å². The van der Waals surface area contributed by atoms with Crippen LogP contribution in [0.3, 0.4) is 0 Å². The maximum atomic E-state index is 11.6. The van der Waals surface area contributed by atoms with Gasteiger partial charge in [-0.1, -0.05) is 41.9 Å². The lowest BCUT2D eigenvalue weighted by Gasteiger charge is -2.29. The van der Waals surface area contributed by atoms with Gasteiger partial charge >= 0.3 is 0 Å². The summed E-state index contributed by atoms with van der Waals surface area (Å²) in [5.41, 5.74) is 2.31. The molecular weight excluding hydrogens is 348 g/mol. The molecule has 26 heavy (non-hydrogen) atoms. The first kappa shape index (κ1) is 17.0. The van der Waals surface area contributed by atoms with Gasteiger partial charge < -0.3 is 5.11 Å². The van der Waals surface area contributed by atoms with E-state index in [4.69, 9.17) is 16.7 Å². The van der Waals surface area contributed by atoms with Crippen molar-refractivity contribution in [3.05, 3.63) is 71.4 Å². The molecule has 1 heterocycles. The van der Waals surface area contributed by atoms with Crippen molar-refractivity contribution in [2.75, 3.05) is 0 Å². The number of carbonyl (C=O) groups excluding carboxylic acids is 1. The fraction of sp³-hybridized carbons (Fsp3) is 0.238. The maximum absolute atomic E-state index is 11.6. The van der Waals surface area contributed by atoms with Crippen LogP contribution >= 0.6 is 11.6 Å². The molecule has 1 aliphatic rings. The monoisotopic (exact) mass is 366 g/mol. The normalized spacial score (nSPS) is 16.6. The van der Waals surface area contributed by atoms with E-state index in [9.17, 15) is 9.90 Å². The van der Waals surface area contributed by atoms with Crippen LogP contribution in [-0.2, 0) is 10.4 Å². The number of nitrogens with zero attached hydrogens (tertiary/aromatic N) is 2. The van der Waals surface area contributed by atoms with E-state index >= 15 is 0 Å². The lowest BCUT2D eigenvalue weighted by Crippen LogP contribution is -2.32. The summed E-state index contributed by atoms with van der Waals surface area (Å²) < 4.78 is 1.84. The third-order valence-electron chi connectivity index (χ3n) is 4.96. The van der Waals surface area contributed by atoms with Crippen molar-refractivity contribution < 1.29 is 9.90 Å². The summed E-state index contributed by atoms with van der Waals surface area (Å²) in [5, 5.41) is 16.5. The lowest BCUT2D eigenvalue weighted by molar-refractivity contribution is -0.125. The molecular formula is C21H19ClN2O2. The van der Waals surface area contributed by atoms with Gasteiger partial charge in [-0.3, -0.25) is 4.79 Å². The van der Waals surface area contributed by atoms with Crippen LogP contribution in [0.15, 0.2) is 60.7 Å². The van der Waals surface area contributed by atoms with Crippen molar-refractivity contribution in [2.24, 2.45) is 0 Å². The van der Waals surface area contributed by atoms with Crippen LogP contribution < -0.4 is 0 Å². The molecule has 0 aliphatic heterocycles. The number of halogens is 1. The Morgan fingerprint density at radius 3 is 2.31 bits per heavy atom. The van der Waals surface area contributed by atoms with Crippen molar-refractivity contribution in [3.63, 3.8) is 0 Å². The second-order valence-corrected chi connectivity index (χ2v) is 7.18. The molecule has 1 N–H and O–H groups in total. The van der Waals surface area contributed by atoms with Gasteiger partial charge in [0.1, 0.15) is 11.4 Å². The van der Waals surface area contributed by atoms with Crippen molar-refractivity contribution in [2.45, 2.75) is 31.3 Å². The van der Waals surface area contributed by atoms with E-state index in [0.717, 1.165) is 16.9 Å². The predicted octanol–water partition coefficient (Wildman–Crippen LogP) is 4.52. The van der Waals surface area contributed by atoms with Gasteiger partial charge in [-0.15, -0.1) is 0 Å². The Morgan fingerprint density at radius 1 is 1.00 bits per heavy atom. The number of carbonyl (C=O) groups is 1. The first-order valence-electron chi connectivity index (χ1n) is 8.71. The van der Waals surface area contributed by atoms with E-state index in [-0.39, 0.29) is 5.78 Å². The molecule has 4 rings (SSSR count). The Labute approximate surface area is 157 Å². The van der Waals surface area contributed by atoms with Gasteiger partial charge in [-0.2, -0.15) is 5.10 Å². The van der Waals surface area contributed by atoms with Crippen LogP contribution in [0.5, 0.6) is 0 Å². The molecule has 1 aliphatic carbocycles. The van der Waals surface area contributed by atoms with Gasteiger partial charge in [0.2, 0.25) is 0 Å². The molecule has 0 bridgehead atoms. The number of aromatic nitrogens is 2. The predicted molar refractivity (Wildman–Crippen MR) is 101 cm³/mol. The molecule has 0 unspecified atom stereocenters. The van der Waals surface area contributed by atoms with Crippen LogP contribution in [0, 0.1) is 0 Å². The molecule has 0 amide bonds. The molecule has 5 heteroatoms. The fourth-order valence-corrected chi connectivity index (χ4v) is 3.53. The summed E-state index contributed by atoms with van der Waals surface area (Å²) in [5.74, 6) is 0.204. The average molecular weight is 367 g/mol. The number of para-hydroxylation sites is 1. The largest absolute Gasteiger partial charge is 0.383 e. The van der Waals surface area contributed by atoms with Crippen LogP contribution in [0.1, 0.15) is 31.4 Å². The number of Topliss-reactive ketones (excluding diaryl/α,β-unsaturated/α-hetero) is 1. The summed E-state index contributed by atoms with van der Waals surface area (Å²) >= 11 is 6.02. The van der Waals surface area contributed by atoms with Gasteiger partial charge in [0.05, 0.1) is 17.1 Å². The van der Waals surface area contributed by atoms with Crippen LogP contribution in [0.2, 0.25) is 5.02 Å². The Hall–Kier alpha value is -2.43. The quantitative estimate of drug-likeness (QED) is 0.741. The Balaban J connectivity index is 1.83. The molecule has 1 fully saturated rings. The van der Waals surface area contributed by atoms with Crippen molar-refractivity contribution in [1.29, 1.82) is 0 Å². The minimum Gasteiger partial charge on any atom is -0.383 e. The van der Waals surface area contributed by atoms with Crippen LogP contribution in [-0.4, -0.2) is 20.7 Å². The Bertz CT molecular complexity index is 922. The number of ketones is 1. The molecule has 1 saturated carbocycles. The standard InChI is InChI=1S/C21H19ClN2O2/c22-16-8-6-15(7-9-16)19-14-20(21(26)12-10-18(25)11-13-21)23-24(19)17-4-2-1-3-5-17/h1-9,14,26H,10-13H2. The highest BCUT2D eigenvalue weighted by Crippen LogP contribution is 2.37. The number of aliphatic hydroxyl groups is 1. The number of hydrogen-bond donors (Lipinski definition) is 1. The fourth-order valence-electron chi connectivity index (χ4n) is 3.40. The van der Waals surface area contributed by atoms with E-state index in [1.807, 2.05) is 65.3 Å². The minimum atomic E-state index is -1.06. The van der Waals surface area contributed by atoms with E-state index in [0.29, 0.717) is 36.4 Å². The van der Waals surface area contributed by atoms with Crippen molar-refractivity contribution in [1.82, 2.24) is 9.78 Å². The van der Waals surface area contributed by atoms with Gasteiger partial charge in [0.15, 0.2) is 0 Å². The first-order chi connectivity index (χ1) is 12.5. The summed E-state index contributed by atoms with van der Waals surface area (Å²) in [7, 11) is 0. The molecule has 3 aromatic rings. The molecule has 0 saturated heterocycles. The number of rotatable bonds is 3. The highest BCUT2D eigenvalue weighted by molar-refractivity contribution is 6.30. The Morgan fingerprint density at radius 2 is 1.65 bits per heavy atom. The SMILES string of the molecule is O=C1CCC(O)(c2cc(-c3ccc(Cl)cc3)n(-c3ccccc3)n2)CC1. The zero-order chi connectivity index (χ0) is 18.1. The van der Waals surface area contributed by atoms with Crippen molar-refractivity contribution in [3.8, 4) is 16.9 Å². The van der Waals surface area contributed by atoms with E-state index < -0.39 is 5.60 Å². The minimum absolute atomic E-state index is 0.204.